The van der Waals surface area contributed by atoms with E-state index in [4.69, 9.17) is 14.2 Å². The van der Waals surface area contributed by atoms with Crippen LogP contribution < -0.4 is 9.47 Å². The van der Waals surface area contributed by atoms with Crippen molar-refractivity contribution in [2.75, 3.05) is 7.11 Å². The molecule has 0 spiro atoms. The Kier molecular flexibility index (Phi) is 5.16. The first-order valence-electron chi connectivity index (χ1n) is 8.01. The van der Waals surface area contributed by atoms with Gasteiger partial charge in [0.1, 0.15) is 0 Å². The van der Waals surface area contributed by atoms with Crippen LogP contribution in [0.1, 0.15) is 18.1 Å². The zero-order valence-corrected chi connectivity index (χ0v) is 14.9. The first-order valence-corrected chi connectivity index (χ1v) is 8.01. The molecule has 1 heterocycles. The minimum atomic E-state index is -0.656. The summed E-state index contributed by atoms with van der Waals surface area (Å²) in [6.07, 6.45) is 1.49. The zero-order chi connectivity index (χ0) is 20.3. The molecule has 28 heavy (non-hydrogen) atoms. The van der Waals surface area contributed by atoms with E-state index in [1.54, 1.807) is 12.1 Å². The van der Waals surface area contributed by atoms with E-state index < -0.39 is 16.9 Å². The Morgan fingerprint density at radius 1 is 1.18 bits per heavy atom. The average Bonchev–Trinajstić information content (AvgIpc) is 3.03. The Morgan fingerprint density at radius 3 is 2.50 bits per heavy atom. The van der Waals surface area contributed by atoms with Crippen molar-refractivity contribution in [3.05, 3.63) is 69.4 Å². The van der Waals surface area contributed by atoms with Crippen molar-refractivity contribution in [3.63, 3.8) is 0 Å². The average molecular weight is 382 g/mol. The molecule has 0 saturated carbocycles. The quantitative estimate of drug-likeness (QED) is 0.256. The van der Waals surface area contributed by atoms with Gasteiger partial charge in [0.25, 0.3) is 5.69 Å². The summed E-state index contributed by atoms with van der Waals surface area (Å²) in [7, 11) is 1.42. The molecule has 0 N–H and O–H groups in total. The summed E-state index contributed by atoms with van der Waals surface area (Å²) < 4.78 is 15.4. The lowest BCUT2D eigenvalue weighted by Crippen LogP contribution is -2.05. The fourth-order valence-electron chi connectivity index (χ4n) is 2.43. The molecular formula is C19H14N2O7. The first kappa shape index (κ1) is 18.8. The van der Waals surface area contributed by atoms with Crippen LogP contribution in [0.3, 0.4) is 0 Å². The van der Waals surface area contributed by atoms with Gasteiger partial charge in [-0.05, 0) is 35.9 Å². The number of nitro benzene ring substituents is 1. The molecule has 0 bridgehead atoms. The molecule has 0 fully saturated rings. The number of esters is 2. The summed E-state index contributed by atoms with van der Waals surface area (Å²) in [5, 5.41) is 10.7. The molecule has 9 heteroatoms. The summed E-state index contributed by atoms with van der Waals surface area (Å²) in [6.45, 7) is 1.28. The maximum absolute atomic E-state index is 12.1. The highest BCUT2D eigenvalue weighted by Gasteiger charge is 2.24. The van der Waals surface area contributed by atoms with Gasteiger partial charge in [0, 0.05) is 24.6 Å². The second-order valence-corrected chi connectivity index (χ2v) is 5.64. The third kappa shape index (κ3) is 4.04. The van der Waals surface area contributed by atoms with Gasteiger partial charge in [-0.15, -0.1) is 0 Å². The van der Waals surface area contributed by atoms with Crippen LogP contribution in [0, 0.1) is 10.1 Å². The van der Waals surface area contributed by atoms with Gasteiger partial charge in [-0.1, -0.05) is 6.07 Å². The Bertz CT molecular complexity index is 1020. The number of methoxy groups -OCH3 is 1. The number of carbonyl (C=O) groups excluding carboxylic acids is 2. The molecular weight excluding hydrogens is 368 g/mol. The molecule has 9 nitrogen and oxygen atoms in total. The predicted molar refractivity (Wildman–Crippen MR) is 98.0 cm³/mol. The summed E-state index contributed by atoms with van der Waals surface area (Å²) in [5.74, 6) is -0.524. The van der Waals surface area contributed by atoms with E-state index in [9.17, 15) is 19.7 Å². The van der Waals surface area contributed by atoms with Crippen molar-refractivity contribution in [1.82, 2.24) is 0 Å². The molecule has 0 saturated heterocycles. The van der Waals surface area contributed by atoms with E-state index >= 15 is 0 Å². The molecule has 3 rings (SSSR count). The van der Waals surface area contributed by atoms with Gasteiger partial charge >= 0.3 is 11.9 Å². The monoisotopic (exact) mass is 382 g/mol. The SMILES string of the molecule is COc1cc(/C=C2\N=C(c3ccc([N+](=O)[O-])cc3)OC2=O)ccc1OC(C)=O. The lowest BCUT2D eigenvalue weighted by molar-refractivity contribution is -0.384. The van der Waals surface area contributed by atoms with E-state index in [2.05, 4.69) is 4.99 Å². The third-order valence-corrected chi connectivity index (χ3v) is 3.69. The number of hydrogen-bond donors (Lipinski definition) is 0. The zero-order valence-electron chi connectivity index (χ0n) is 14.9. The molecule has 0 atom stereocenters. The van der Waals surface area contributed by atoms with Gasteiger partial charge < -0.3 is 14.2 Å². The van der Waals surface area contributed by atoms with Crippen LogP contribution in [0.4, 0.5) is 5.69 Å². The summed E-state index contributed by atoms with van der Waals surface area (Å²) in [5.41, 5.74) is 0.985. The molecule has 0 unspecified atom stereocenters. The van der Waals surface area contributed by atoms with Crippen LogP contribution in [0.2, 0.25) is 0 Å². The van der Waals surface area contributed by atoms with Crippen molar-refractivity contribution < 1.29 is 28.7 Å². The molecule has 0 radical (unpaired) electrons. The van der Waals surface area contributed by atoms with Gasteiger partial charge in [-0.2, -0.15) is 0 Å². The number of ether oxygens (including phenoxy) is 3. The van der Waals surface area contributed by atoms with Gasteiger partial charge in [0.05, 0.1) is 12.0 Å². The van der Waals surface area contributed by atoms with Crippen LogP contribution in [-0.2, 0) is 14.3 Å². The van der Waals surface area contributed by atoms with E-state index in [-0.39, 0.29) is 23.0 Å². The van der Waals surface area contributed by atoms with Crippen molar-refractivity contribution in [1.29, 1.82) is 0 Å². The van der Waals surface area contributed by atoms with Crippen LogP contribution in [0.15, 0.2) is 53.2 Å². The Hall–Kier alpha value is -4.01. The lowest BCUT2D eigenvalue weighted by Gasteiger charge is -2.08. The van der Waals surface area contributed by atoms with Gasteiger partial charge in [-0.3, -0.25) is 14.9 Å². The molecule has 0 amide bonds. The topological polar surface area (TPSA) is 117 Å². The van der Waals surface area contributed by atoms with Crippen molar-refractivity contribution in [3.8, 4) is 11.5 Å². The summed E-state index contributed by atoms with van der Waals surface area (Å²) in [6, 6.07) is 10.2. The van der Waals surface area contributed by atoms with Gasteiger partial charge in [0.2, 0.25) is 5.90 Å². The number of benzene rings is 2. The van der Waals surface area contributed by atoms with Crippen molar-refractivity contribution in [2.45, 2.75) is 6.92 Å². The number of cyclic esters (lactones) is 1. The summed E-state index contributed by atoms with van der Waals surface area (Å²) >= 11 is 0. The molecule has 0 aromatic heterocycles. The second-order valence-electron chi connectivity index (χ2n) is 5.64. The minimum absolute atomic E-state index is 0.0506. The van der Waals surface area contributed by atoms with Crippen LogP contribution in [0.25, 0.3) is 6.08 Å². The summed E-state index contributed by atoms with van der Waals surface area (Å²) in [4.78, 5) is 37.5. The van der Waals surface area contributed by atoms with E-state index in [1.807, 2.05) is 0 Å². The highest BCUT2D eigenvalue weighted by Crippen LogP contribution is 2.30. The van der Waals surface area contributed by atoms with E-state index in [1.165, 1.54) is 50.4 Å². The fourth-order valence-corrected chi connectivity index (χ4v) is 2.43. The number of aliphatic imine (C=N–C) groups is 1. The standard InChI is InChI=1S/C19H14N2O7/c1-11(22)27-16-8-3-12(10-17(16)26-2)9-15-19(23)28-18(20-15)13-4-6-14(7-5-13)21(24)25/h3-10H,1-2H3/b15-9-. The Balaban J connectivity index is 1.88. The maximum atomic E-state index is 12.1. The molecule has 0 aliphatic carbocycles. The van der Waals surface area contributed by atoms with Crippen molar-refractivity contribution >= 4 is 29.6 Å². The lowest BCUT2D eigenvalue weighted by atomic mass is 10.1. The third-order valence-electron chi connectivity index (χ3n) is 3.69. The number of nitro groups is 1. The van der Waals surface area contributed by atoms with Crippen LogP contribution in [0.5, 0.6) is 11.5 Å². The number of rotatable bonds is 5. The first-order chi connectivity index (χ1) is 13.4. The second kappa shape index (κ2) is 7.70. The van der Waals surface area contributed by atoms with Crippen LogP contribution in [-0.4, -0.2) is 29.9 Å². The fraction of sp³-hybridized carbons (Fsp3) is 0.105. The minimum Gasteiger partial charge on any atom is -0.493 e. The number of nitrogens with zero attached hydrogens (tertiary/aromatic N) is 2. The van der Waals surface area contributed by atoms with E-state index in [0.29, 0.717) is 16.9 Å². The largest absolute Gasteiger partial charge is 0.493 e. The molecule has 142 valence electrons. The number of non-ortho nitro benzene ring substituents is 1. The predicted octanol–water partition coefficient (Wildman–Crippen LogP) is 2.87. The number of carbonyl (C=O) groups is 2. The highest BCUT2D eigenvalue weighted by molar-refractivity contribution is 6.12. The van der Waals surface area contributed by atoms with Gasteiger partial charge in [-0.25, -0.2) is 9.79 Å². The molecule has 2 aromatic carbocycles. The van der Waals surface area contributed by atoms with Gasteiger partial charge in [0.15, 0.2) is 17.2 Å². The normalized spacial score (nSPS) is 14.4. The Labute approximate surface area is 159 Å². The van der Waals surface area contributed by atoms with E-state index in [0.717, 1.165) is 0 Å². The maximum Gasteiger partial charge on any atom is 0.363 e. The Morgan fingerprint density at radius 2 is 1.89 bits per heavy atom. The smallest absolute Gasteiger partial charge is 0.363 e. The number of hydrogen-bond acceptors (Lipinski definition) is 8. The molecule has 1 aliphatic heterocycles. The highest BCUT2D eigenvalue weighted by atomic mass is 16.6. The van der Waals surface area contributed by atoms with Crippen LogP contribution >= 0.6 is 0 Å². The van der Waals surface area contributed by atoms with Crippen molar-refractivity contribution in [2.24, 2.45) is 4.99 Å². The molecule has 1 aliphatic rings. The molecule has 2 aromatic rings.